The fourth-order valence-corrected chi connectivity index (χ4v) is 1.40. The highest BCUT2D eigenvalue weighted by Crippen LogP contribution is 2.03. The SMILES string of the molecule is CCNc1ccc(C(=O)NCc2ccco2)nn1. The summed E-state index contributed by atoms with van der Waals surface area (Å²) in [6.07, 6.45) is 1.56. The number of carbonyl (C=O) groups is 1. The summed E-state index contributed by atoms with van der Waals surface area (Å²) in [5.41, 5.74) is 0.281. The van der Waals surface area contributed by atoms with Gasteiger partial charge in [0, 0.05) is 6.54 Å². The van der Waals surface area contributed by atoms with Crippen LogP contribution in [-0.2, 0) is 6.54 Å². The summed E-state index contributed by atoms with van der Waals surface area (Å²) in [7, 11) is 0. The van der Waals surface area contributed by atoms with E-state index in [0.717, 1.165) is 6.54 Å². The lowest BCUT2D eigenvalue weighted by atomic mass is 10.3. The molecule has 2 aromatic rings. The summed E-state index contributed by atoms with van der Waals surface area (Å²) in [5, 5.41) is 13.4. The Morgan fingerprint density at radius 2 is 2.22 bits per heavy atom. The van der Waals surface area contributed by atoms with Gasteiger partial charge in [-0.05, 0) is 31.2 Å². The molecule has 0 aliphatic carbocycles. The molecular weight excluding hydrogens is 232 g/mol. The Morgan fingerprint density at radius 3 is 2.83 bits per heavy atom. The van der Waals surface area contributed by atoms with Gasteiger partial charge in [-0.2, -0.15) is 0 Å². The molecule has 6 nitrogen and oxygen atoms in total. The van der Waals surface area contributed by atoms with E-state index in [1.807, 2.05) is 6.92 Å². The summed E-state index contributed by atoms with van der Waals surface area (Å²) >= 11 is 0. The number of carbonyl (C=O) groups excluding carboxylic acids is 1. The van der Waals surface area contributed by atoms with Gasteiger partial charge in [0.05, 0.1) is 12.8 Å². The second-order valence-electron chi connectivity index (χ2n) is 3.60. The van der Waals surface area contributed by atoms with Crippen LogP contribution < -0.4 is 10.6 Å². The van der Waals surface area contributed by atoms with Crippen LogP contribution in [0.25, 0.3) is 0 Å². The topological polar surface area (TPSA) is 80.0 Å². The average molecular weight is 246 g/mol. The molecule has 0 saturated heterocycles. The molecule has 0 bridgehead atoms. The van der Waals surface area contributed by atoms with E-state index in [1.165, 1.54) is 0 Å². The van der Waals surface area contributed by atoms with Gasteiger partial charge >= 0.3 is 0 Å². The second kappa shape index (κ2) is 5.81. The van der Waals surface area contributed by atoms with E-state index in [9.17, 15) is 4.79 Å². The predicted molar refractivity (Wildman–Crippen MR) is 66.1 cm³/mol. The average Bonchev–Trinajstić information content (AvgIpc) is 2.90. The summed E-state index contributed by atoms with van der Waals surface area (Å²) in [6.45, 7) is 3.06. The highest BCUT2D eigenvalue weighted by molar-refractivity contribution is 5.92. The molecule has 2 N–H and O–H groups in total. The Bertz CT molecular complexity index is 493. The van der Waals surface area contributed by atoms with Crippen molar-refractivity contribution >= 4 is 11.7 Å². The van der Waals surface area contributed by atoms with Crippen LogP contribution in [0.3, 0.4) is 0 Å². The molecule has 2 rings (SSSR count). The molecule has 2 heterocycles. The van der Waals surface area contributed by atoms with E-state index in [1.54, 1.807) is 30.5 Å². The Morgan fingerprint density at radius 1 is 1.33 bits per heavy atom. The van der Waals surface area contributed by atoms with Crippen molar-refractivity contribution in [1.29, 1.82) is 0 Å². The molecule has 0 radical (unpaired) electrons. The Kier molecular flexibility index (Phi) is 3.90. The quantitative estimate of drug-likeness (QED) is 0.834. The van der Waals surface area contributed by atoms with E-state index >= 15 is 0 Å². The number of furan rings is 1. The minimum absolute atomic E-state index is 0.276. The zero-order valence-corrected chi connectivity index (χ0v) is 10.0. The Balaban J connectivity index is 1.92. The van der Waals surface area contributed by atoms with Gasteiger partial charge in [0.1, 0.15) is 11.6 Å². The standard InChI is InChI=1S/C12H14N4O2/c1-2-13-11-6-5-10(15-16-11)12(17)14-8-9-4-3-7-18-9/h3-7H,2,8H2,1H3,(H,13,16)(H,14,17). The maximum Gasteiger partial charge on any atom is 0.272 e. The van der Waals surface area contributed by atoms with E-state index < -0.39 is 0 Å². The van der Waals surface area contributed by atoms with E-state index in [-0.39, 0.29) is 11.6 Å². The summed E-state index contributed by atoms with van der Waals surface area (Å²) in [4.78, 5) is 11.7. The van der Waals surface area contributed by atoms with Crippen molar-refractivity contribution in [3.8, 4) is 0 Å². The van der Waals surface area contributed by atoms with Gasteiger partial charge in [-0.3, -0.25) is 4.79 Å². The molecule has 0 spiro atoms. The summed E-state index contributed by atoms with van der Waals surface area (Å²) in [5.74, 6) is 1.07. The number of amides is 1. The van der Waals surface area contributed by atoms with Crippen molar-refractivity contribution in [3.05, 3.63) is 42.0 Å². The molecule has 0 unspecified atom stereocenters. The highest BCUT2D eigenvalue weighted by Gasteiger charge is 2.08. The van der Waals surface area contributed by atoms with Crippen molar-refractivity contribution in [1.82, 2.24) is 15.5 Å². The number of hydrogen-bond acceptors (Lipinski definition) is 5. The first-order chi connectivity index (χ1) is 8.79. The summed E-state index contributed by atoms with van der Waals surface area (Å²) in [6, 6.07) is 6.91. The van der Waals surface area contributed by atoms with Crippen molar-refractivity contribution in [2.75, 3.05) is 11.9 Å². The van der Waals surface area contributed by atoms with Crippen LogP contribution >= 0.6 is 0 Å². The third kappa shape index (κ3) is 3.07. The molecular formula is C12H14N4O2. The van der Waals surface area contributed by atoms with E-state index in [2.05, 4.69) is 20.8 Å². The number of anilines is 1. The van der Waals surface area contributed by atoms with Crippen LogP contribution in [0.2, 0.25) is 0 Å². The second-order valence-corrected chi connectivity index (χ2v) is 3.60. The molecule has 18 heavy (non-hydrogen) atoms. The number of rotatable bonds is 5. The highest BCUT2D eigenvalue weighted by atomic mass is 16.3. The molecule has 0 fully saturated rings. The Hall–Kier alpha value is -2.37. The lowest BCUT2D eigenvalue weighted by molar-refractivity contribution is 0.0942. The normalized spacial score (nSPS) is 10.1. The van der Waals surface area contributed by atoms with Crippen LogP contribution in [0.15, 0.2) is 34.9 Å². The summed E-state index contributed by atoms with van der Waals surface area (Å²) < 4.78 is 5.11. The zero-order valence-electron chi connectivity index (χ0n) is 10.0. The fraction of sp³-hybridized carbons (Fsp3) is 0.250. The maximum atomic E-state index is 11.7. The minimum Gasteiger partial charge on any atom is -0.467 e. The molecule has 1 amide bonds. The molecule has 0 aliphatic heterocycles. The molecule has 0 saturated carbocycles. The van der Waals surface area contributed by atoms with Crippen LogP contribution in [0.5, 0.6) is 0 Å². The lowest BCUT2D eigenvalue weighted by Gasteiger charge is -2.03. The third-order valence-corrected chi connectivity index (χ3v) is 2.26. The predicted octanol–water partition coefficient (Wildman–Crippen LogP) is 1.43. The van der Waals surface area contributed by atoms with Crippen molar-refractivity contribution in [2.24, 2.45) is 0 Å². The number of aromatic nitrogens is 2. The largest absolute Gasteiger partial charge is 0.467 e. The van der Waals surface area contributed by atoms with Gasteiger partial charge in [0.15, 0.2) is 5.69 Å². The lowest BCUT2D eigenvalue weighted by Crippen LogP contribution is -2.24. The van der Waals surface area contributed by atoms with E-state index in [4.69, 9.17) is 4.42 Å². The van der Waals surface area contributed by atoms with E-state index in [0.29, 0.717) is 18.1 Å². The number of nitrogens with one attached hydrogen (secondary N) is 2. The molecule has 0 aliphatic rings. The van der Waals surface area contributed by atoms with Gasteiger partial charge in [0.25, 0.3) is 5.91 Å². The maximum absolute atomic E-state index is 11.7. The van der Waals surface area contributed by atoms with Crippen LogP contribution in [-0.4, -0.2) is 22.6 Å². The van der Waals surface area contributed by atoms with Gasteiger partial charge in [-0.15, -0.1) is 10.2 Å². The first kappa shape index (κ1) is 12.1. The van der Waals surface area contributed by atoms with Crippen molar-refractivity contribution < 1.29 is 9.21 Å². The van der Waals surface area contributed by atoms with Gasteiger partial charge in [-0.25, -0.2) is 0 Å². The molecule has 0 aromatic carbocycles. The molecule has 2 aromatic heterocycles. The van der Waals surface area contributed by atoms with Gasteiger partial charge in [-0.1, -0.05) is 0 Å². The van der Waals surface area contributed by atoms with Crippen LogP contribution in [0.4, 0.5) is 5.82 Å². The fourth-order valence-electron chi connectivity index (χ4n) is 1.40. The van der Waals surface area contributed by atoms with Gasteiger partial charge < -0.3 is 15.1 Å². The molecule has 6 heteroatoms. The first-order valence-corrected chi connectivity index (χ1v) is 5.67. The van der Waals surface area contributed by atoms with Gasteiger partial charge in [0.2, 0.25) is 0 Å². The third-order valence-electron chi connectivity index (χ3n) is 2.26. The van der Waals surface area contributed by atoms with Crippen LogP contribution in [0, 0.1) is 0 Å². The molecule has 94 valence electrons. The Labute approximate surface area is 104 Å². The molecule has 0 atom stereocenters. The minimum atomic E-state index is -0.276. The smallest absolute Gasteiger partial charge is 0.272 e. The van der Waals surface area contributed by atoms with Crippen LogP contribution in [0.1, 0.15) is 23.2 Å². The monoisotopic (exact) mass is 246 g/mol. The number of nitrogens with zero attached hydrogens (tertiary/aromatic N) is 2. The number of hydrogen-bond donors (Lipinski definition) is 2. The zero-order chi connectivity index (χ0) is 12.8. The van der Waals surface area contributed by atoms with Crippen molar-refractivity contribution in [3.63, 3.8) is 0 Å². The first-order valence-electron chi connectivity index (χ1n) is 5.67. The van der Waals surface area contributed by atoms with Crippen molar-refractivity contribution in [2.45, 2.75) is 13.5 Å².